The molecular weight excluding hydrogens is 923 g/mol. The van der Waals surface area contributed by atoms with Crippen LogP contribution in [0.2, 0.25) is 0 Å². The van der Waals surface area contributed by atoms with E-state index in [-0.39, 0.29) is 81.4 Å². The van der Waals surface area contributed by atoms with E-state index < -0.39 is 64.7 Å². The number of hydroxylamine groups is 2. The Morgan fingerprint density at radius 2 is 1.47 bits per heavy atom. The van der Waals surface area contributed by atoms with E-state index in [4.69, 9.17) is 24.0 Å². The lowest BCUT2D eigenvalue weighted by molar-refractivity contribution is -0.198. The highest BCUT2D eigenvalue weighted by molar-refractivity contribution is 7.86. The molecule has 2 unspecified atom stereocenters. The highest BCUT2D eigenvalue weighted by Gasteiger charge is 2.44. The molecule has 2 aromatic carbocycles. The molecule has 66 heavy (non-hydrogen) atoms. The summed E-state index contributed by atoms with van der Waals surface area (Å²) in [6.45, 7) is 6.39. The Morgan fingerprint density at radius 1 is 0.848 bits per heavy atom. The van der Waals surface area contributed by atoms with Crippen LogP contribution in [0.15, 0.2) is 99.4 Å². The molecule has 1 saturated heterocycles. The lowest BCUT2D eigenvalue weighted by atomic mass is 9.72. The number of hydrogen-bond donors (Lipinski definition) is 3. The van der Waals surface area contributed by atoms with Crippen LogP contribution in [0.25, 0.3) is 0 Å². The van der Waals surface area contributed by atoms with Crippen molar-refractivity contribution in [3.05, 3.63) is 101 Å². The fourth-order valence-corrected chi connectivity index (χ4v) is 9.26. The van der Waals surface area contributed by atoms with Crippen molar-refractivity contribution < 1.29 is 72.3 Å². The molecule has 0 radical (unpaired) electrons. The van der Waals surface area contributed by atoms with Gasteiger partial charge < -0.3 is 23.9 Å². The number of allylic oxidation sites excluding steroid dienone is 8. The van der Waals surface area contributed by atoms with E-state index in [9.17, 15) is 53.3 Å². The van der Waals surface area contributed by atoms with Crippen molar-refractivity contribution in [3.8, 4) is 0 Å². The number of benzene rings is 2. The summed E-state index contributed by atoms with van der Waals surface area (Å²) in [4.78, 5) is 46.9. The summed E-state index contributed by atoms with van der Waals surface area (Å²) >= 11 is 0. The number of nitrogens with zero attached hydrogens (tertiary/aromatic N) is 3. The lowest BCUT2D eigenvalue weighted by Gasteiger charge is -2.33. The van der Waals surface area contributed by atoms with Crippen LogP contribution in [0.3, 0.4) is 0 Å². The minimum Gasteiger partial charge on any atom is -0.385 e. The molecular formula is C44H57N3O16S3. The summed E-state index contributed by atoms with van der Waals surface area (Å²) in [6, 6.07) is 8.42. The van der Waals surface area contributed by atoms with Gasteiger partial charge in [-0.25, -0.2) is 4.79 Å². The van der Waals surface area contributed by atoms with Gasteiger partial charge in [-0.15, -0.1) is 5.06 Å². The molecule has 2 atom stereocenters. The molecule has 1 fully saturated rings. The molecule has 0 spiro atoms. The van der Waals surface area contributed by atoms with E-state index in [2.05, 4.69) is 0 Å². The largest absolute Gasteiger partial charge is 0.385 e. The van der Waals surface area contributed by atoms with Gasteiger partial charge in [0.25, 0.3) is 42.2 Å². The van der Waals surface area contributed by atoms with Crippen molar-refractivity contribution in [2.24, 2.45) is 4.99 Å². The van der Waals surface area contributed by atoms with E-state index in [1.807, 2.05) is 17.9 Å². The average Bonchev–Trinajstić information content (AvgIpc) is 3.67. The lowest BCUT2D eigenvalue weighted by Crippen LogP contribution is -2.34. The van der Waals surface area contributed by atoms with E-state index >= 15 is 0 Å². The molecule has 0 aliphatic carbocycles. The predicted octanol–water partition coefficient (Wildman–Crippen LogP) is 4.88. The average molecular weight is 980 g/mol. The van der Waals surface area contributed by atoms with Crippen LogP contribution in [-0.2, 0) is 74.6 Å². The number of fused-ring (bicyclic) bond motifs is 1. The molecule has 2 aliphatic rings. The van der Waals surface area contributed by atoms with E-state index in [1.54, 1.807) is 56.4 Å². The van der Waals surface area contributed by atoms with E-state index in [1.165, 1.54) is 44.6 Å². The zero-order chi connectivity index (χ0) is 48.9. The number of imide groups is 1. The Bertz CT molecular complexity index is 2590. The zero-order valence-corrected chi connectivity index (χ0v) is 39.9. The molecule has 0 aromatic heterocycles. The fourth-order valence-electron chi connectivity index (χ4n) is 7.74. The number of aryl methyl sites for hydroxylation is 1. The predicted molar refractivity (Wildman–Crippen MR) is 244 cm³/mol. The molecule has 2 amide bonds. The van der Waals surface area contributed by atoms with Gasteiger partial charge in [-0.3, -0.25) is 28.2 Å². The second-order valence-electron chi connectivity index (χ2n) is 15.9. The van der Waals surface area contributed by atoms with Crippen molar-refractivity contribution in [2.75, 3.05) is 64.4 Å². The van der Waals surface area contributed by atoms with Gasteiger partial charge in [-0.05, 0) is 99.2 Å². The van der Waals surface area contributed by atoms with Gasteiger partial charge in [0.1, 0.15) is 0 Å². The SMILES string of the molecule is COCC\N=C(/C=C/C=C/C=C/C=C1/N(CCOCCC(=O)ON2C(=O)CCC2=O)c2ccc(S(=O)(=O)O)cc2C1(C)CCOC)C(C)(CCCS(=O)(=O)O)c1cc(S(=O)(=O)O)ccc1C. The summed E-state index contributed by atoms with van der Waals surface area (Å²) in [5, 5.41) is 0.464. The maximum Gasteiger partial charge on any atom is 0.335 e. The van der Waals surface area contributed by atoms with Gasteiger partial charge in [-0.2, -0.15) is 25.3 Å². The maximum atomic E-state index is 12.3. The fraction of sp³-hybridized carbons (Fsp3) is 0.455. The number of rotatable bonds is 25. The maximum absolute atomic E-state index is 12.3. The minimum atomic E-state index is -4.61. The first-order chi connectivity index (χ1) is 31.0. The van der Waals surface area contributed by atoms with Crippen molar-refractivity contribution in [1.82, 2.24) is 5.06 Å². The van der Waals surface area contributed by atoms with Crippen LogP contribution in [-0.4, -0.2) is 127 Å². The third kappa shape index (κ3) is 14.3. The number of carbonyl (C=O) groups is 3. The first kappa shape index (κ1) is 53.7. The molecule has 22 heteroatoms. The van der Waals surface area contributed by atoms with E-state index in [0.29, 0.717) is 39.6 Å². The number of hydrogen-bond acceptors (Lipinski definition) is 15. The molecule has 19 nitrogen and oxygen atoms in total. The van der Waals surface area contributed by atoms with Gasteiger partial charge >= 0.3 is 5.97 Å². The second-order valence-corrected chi connectivity index (χ2v) is 20.3. The van der Waals surface area contributed by atoms with Gasteiger partial charge in [0.2, 0.25) is 0 Å². The molecule has 2 aromatic rings. The Kier molecular flexibility index (Phi) is 18.9. The van der Waals surface area contributed by atoms with Crippen LogP contribution < -0.4 is 4.90 Å². The summed E-state index contributed by atoms with van der Waals surface area (Å²) in [5.74, 6) is -2.57. The molecule has 0 saturated carbocycles. The smallest absolute Gasteiger partial charge is 0.335 e. The van der Waals surface area contributed by atoms with Crippen molar-refractivity contribution in [2.45, 2.75) is 79.9 Å². The quantitative estimate of drug-likeness (QED) is 0.0393. The number of amides is 2. The van der Waals surface area contributed by atoms with E-state index in [0.717, 1.165) is 5.70 Å². The first-order valence-corrected chi connectivity index (χ1v) is 25.3. The topological polar surface area (TPSA) is 270 Å². The highest BCUT2D eigenvalue weighted by atomic mass is 32.2. The first-order valence-electron chi connectivity index (χ1n) is 20.8. The van der Waals surface area contributed by atoms with Crippen LogP contribution >= 0.6 is 0 Å². The van der Waals surface area contributed by atoms with Gasteiger partial charge in [0, 0.05) is 68.1 Å². The van der Waals surface area contributed by atoms with Crippen molar-refractivity contribution in [3.63, 3.8) is 0 Å². The third-order valence-corrected chi connectivity index (χ3v) is 13.7. The van der Waals surface area contributed by atoms with Crippen molar-refractivity contribution in [1.29, 1.82) is 0 Å². The van der Waals surface area contributed by atoms with Gasteiger partial charge in [0.15, 0.2) is 0 Å². The molecule has 0 bridgehead atoms. The molecule has 2 aliphatic heterocycles. The molecule has 362 valence electrons. The monoisotopic (exact) mass is 979 g/mol. The molecule has 3 N–H and O–H groups in total. The summed E-state index contributed by atoms with van der Waals surface area (Å²) in [7, 11) is -10.5. The highest BCUT2D eigenvalue weighted by Crippen LogP contribution is 2.50. The summed E-state index contributed by atoms with van der Waals surface area (Å²) in [5.41, 5.74) is 1.58. The van der Waals surface area contributed by atoms with Crippen LogP contribution in [0.1, 0.15) is 69.1 Å². The standard InChI is InChI=1S/C44H57N3O16S3/c1-32-14-15-33(65(54,55)56)30-35(32)43(2,21-11-29-64(51,52)53)38(45-23-27-61-5)12-9-7-6-8-10-13-39-44(3,22-26-60-4)36-31-34(66(57,58)59)16-17-37(36)46(39)24-28-62-25-20-42(50)63-47-40(48)18-19-41(47)49/h6-10,12-17,30-31H,11,18-29H2,1-5H3,(H,51,52,53)(H,54,55,56)(H,57,58,59)/b7-6+,10-8+,12-9+,39-13+,45-38+. The van der Waals surface area contributed by atoms with Gasteiger partial charge in [-0.1, -0.05) is 36.4 Å². The minimum absolute atomic E-state index is 0.0114. The number of anilines is 1. The number of aliphatic imine (C=N–C) groups is 1. The number of carbonyl (C=O) groups excluding carboxylic acids is 3. The van der Waals surface area contributed by atoms with Gasteiger partial charge in [0.05, 0.1) is 48.3 Å². The Balaban J connectivity index is 1.64. The second kappa shape index (κ2) is 23.2. The van der Waals surface area contributed by atoms with Crippen LogP contribution in [0.4, 0.5) is 5.69 Å². The van der Waals surface area contributed by atoms with Crippen LogP contribution in [0, 0.1) is 6.92 Å². The normalized spacial score (nSPS) is 19.0. The summed E-state index contributed by atoms with van der Waals surface area (Å²) < 4.78 is 118. The Hall–Kier alpha value is -4.91. The van der Waals surface area contributed by atoms with Crippen LogP contribution in [0.5, 0.6) is 0 Å². The summed E-state index contributed by atoms with van der Waals surface area (Å²) in [6.07, 6.45) is 12.4. The number of methoxy groups -OCH3 is 2. The third-order valence-electron chi connectivity index (χ3n) is 11.2. The zero-order valence-electron chi connectivity index (χ0n) is 37.4. The Labute approximate surface area is 386 Å². The number of ether oxygens (including phenoxy) is 3. The van der Waals surface area contributed by atoms with Crippen molar-refractivity contribution >= 4 is 59.5 Å². The molecule has 4 rings (SSSR count). The Morgan fingerprint density at radius 3 is 2.11 bits per heavy atom. The molecule has 2 heterocycles.